The number of fused-ring (bicyclic) bond motifs is 1. The van der Waals surface area contributed by atoms with Crippen molar-refractivity contribution in [2.75, 3.05) is 36.0 Å². The Morgan fingerprint density at radius 2 is 1.68 bits per heavy atom. The molecule has 0 radical (unpaired) electrons. The van der Waals surface area contributed by atoms with Gasteiger partial charge < -0.3 is 14.2 Å². The summed E-state index contributed by atoms with van der Waals surface area (Å²) in [7, 11) is 0. The molecule has 1 aliphatic heterocycles. The number of ketones is 1. The van der Waals surface area contributed by atoms with Crippen LogP contribution in [-0.2, 0) is 6.42 Å². The number of aromatic nitrogens is 4. The molecule has 3 aromatic heterocycles. The standard InChI is InChI=1S/C20H20N6O2/c27-17-12-14(18-3-1-10-28-18)11-16-15(17)13-23-20(24-16)26-8-6-25(7-9-26)19-21-4-2-5-22-19/h1-5,10,13-14H,6-9,11-12H2. The van der Waals surface area contributed by atoms with Gasteiger partial charge in [-0.1, -0.05) is 0 Å². The fraction of sp³-hybridized carbons (Fsp3) is 0.350. The summed E-state index contributed by atoms with van der Waals surface area (Å²) in [4.78, 5) is 34.7. The number of Topliss-reactive ketones (excluding diaryl/α,β-unsaturated/α-hetero) is 1. The topological polar surface area (TPSA) is 88.3 Å². The van der Waals surface area contributed by atoms with E-state index in [2.05, 4.69) is 24.8 Å². The lowest BCUT2D eigenvalue weighted by atomic mass is 9.85. The van der Waals surface area contributed by atoms with Crippen LogP contribution in [0.5, 0.6) is 0 Å². The van der Waals surface area contributed by atoms with Gasteiger partial charge in [-0.15, -0.1) is 0 Å². The fourth-order valence-corrected chi connectivity index (χ4v) is 3.87. The molecule has 4 heterocycles. The molecule has 0 N–H and O–H groups in total. The van der Waals surface area contributed by atoms with Crippen molar-refractivity contribution in [1.29, 1.82) is 0 Å². The fourth-order valence-electron chi connectivity index (χ4n) is 3.87. The zero-order valence-corrected chi connectivity index (χ0v) is 15.4. The van der Waals surface area contributed by atoms with Crippen molar-refractivity contribution < 1.29 is 9.21 Å². The van der Waals surface area contributed by atoms with E-state index in [-0.39, 0.29) is 11.7 Å². The van der Waals surface area contributed by atoms with E-state index in [0.717, 1.165) is 43.6 Å². The van der Waals surface area contributed by atoms with Crippen molar-refractivity contribution in [3.05, 3.63) is 60.1 Å². The molecule has 1 aliphatic carbocycles. The highest BCUT2D eigenvalue weighted by Crippen LogP contribution is 2.32. The molecular formula is C20H20N6O2. The minimum atomic E-state index is 0.0461. The summed E-state index contributed by atoms with van der Waals surface area (Å²) < 4.78 is 5.51. The Morgan fingerprint density at radius 1 is 0.929 bits per heavy atom. The summed E-state index contributed by atoms with van der Waals surface area (Å²) in [6.45, 7) is 3.18. The van der Waals surface area contributed by atoms with Crippen molar-refractivity contribution in [2.24, 2.45) is 0 Å². The predicted octanol–water partition coefficient (Wildman–Crippen LogP) is 2.10. The van der Waals surface area contributed by atoms with Crippen LogP contribution in [-0.4, -0.2) is 51.9 Å². The van der Waals surface area contributed by atoms with E-state index in [1.807, 2.05) is 18.2 Å². The monoisotopic (exact) mass is 376 g/mol. The average Bonchev–Trinajstić information content (AvgIpc) is 3.29. The Bertz CT molecular complexity index is 968. The molecule has 0 bridgehead atoms. The van der Waals surface area contributed by atoms with E-state index in [9.17, 15) is 4.79 Å². The molecule has 1 saturated heterocycles. The first-order valence-corrected chi connectivity index (χ1v) is 9.47. The van der Waals surface area contributed by atoms with Crippen LogP contribution in [0, 0.1) is 0 Å². The molecule has 0 aromatic carbocycles. The first-order chi connectivity index (χ1) is 13.8. The zero-order valence-electron chi connectivity index (χ0n) is 15.4. The molecule has 0 spiro atoms. The Kier molecular flexibility index (Phi) is 4.23. The second-order valence-corrected chi connectivity index (χ2v) is 7.10. The maximum atomic E-state index is 12.5. The third-order valence-corrected chi connectivity index (χ3v) is 5.37. The van der Waals surface area contributed by atoms with Crippen LogP contribution in [0.1, 0.15) is 34.2 Å². The van der Waals surface area contributed by atoms with Gasteiger partial charge in [0.15, 0.2) is 5.78 Å². The SMILES string of the molecule is O=C1CC(c2ccco2)Cc2nc(N3CCN(c4ncccn4)CC3)ncc21. The van der Waals surface area contributed by atoms with Crippen molar-refractivity contribution in [3.63, 3.8) is 0 Å². The lowest BCUT2D eigenvalue weighted by molar-refractivity contribution is 0.0958. The normalized spacial score (nSPS) is 19.6. The van der Waals surface area contributed by atoms with Gasteiger partial charge in [0.25, 0.3) is 0 Å². The first-order valence-electron chi connectivity index (χ1n) is 9.47. The second kappa shape index (κ2) is 7.03. The molecule has 142 valence electrons. The summed E-state index contributed by atoms with van der Waals surface area (Å²) in [5.74, 6) is 2.40. The van der Waals surface area contributed by atoms with Crippen LogP contribution in [0.4, 0.5) is 11.9 Å². The highest BCUT2D eigenvalue weighted by molar-refractivity contribution is 5.98. The van der Waals surface area contributed by atoms with Crippen molar-refractivity contribution in [1.82, 2.24) is 19.9 Å². The smallest absolute Gasteiger partial charge is 0.225 e. The van der Waals surface area contributed by atoms with Gasteiger partial charge in [0.1, 0.15) is 5.76 Å². The Hall–Kier alpha value is -3.29. The van der Waals surface area contributed by atoms with E-state index in [4.69, 9.17) is 9.40 Å². The molecule has 0 amide bonds. The molecule has 1 atom stereocenters. The maximum Gasteiger partial charge on any atom is 0.225 e. The maximum absolute atomic E-state index is 12.5. The minimum Gasteiger partial charge on any atom is -0.469 e. The van der Waals surface area contributed by atoms with Gasteiger partial charge in [0, 0.05) is 63.5 Å². The van der Waals surface area contributed by atoms with Crippen molar-refractivity contribution in [2.45, 2.75) is 18.8 Å². The molecule has 8 nitrogen and oxygen atoms in total. The molecular weight excluding hydrogens is 356 g/mol. The number of piperazine rings is 1. The number of hydrogen-bond acceptors (Lipinski definition) is 8. The van der Waals surface area contributed by atoms with E-state index >= 15 is 0 Å². The molecule has 3 aromatic rings. The van der Waals surface area contributed by atoms with Crippen molar-refractivity contribution >= 4 is 17.7 Å². The minimum absolute atomic E-state index is 0.0461. The summed E-state index contributed by atoms with van der Waals surface area (Å²) in [5.41, 5.74) is 1.46. The summed E-state index contributed by atoms with van der Waals surface area (Å²) in [6.07, 6.45) is 7.99. The van der Waals surface area contributed by atoms with Gasteiger partial charge in [-0.05, 0) is 18.2 Å². The Balaban J connectivity index is 1.33. The lowest BCUT2D eigenvalue weighted by Gasteiger charge is -2.35. The van der Waals surface area contributed by atoms with Gasteiger partial charge in [-0.2, -0.15) is 0 Å². The number of carbonyl (C=O) groups is 1. The summed E-state index contributed by atoms with van der Waals surface area (Å²) in [6, 6.07) is 5.60. The van der Waals surface area contributed by atoms with E-state index < -0.39 is 0 Å². The molecule has 1 fully saturated rings. The van der Waals surface area contributed by atoms with E-state index in [0.29, 0.717) is 24.4 Å². The number of nitrogens with zero attached hydrogens (tertiary/aromatic N) is 6. The van der Waals surface area contributed by atoms with Gasteiger partial charge >= 0.3 is 0 Å². The molecule has 5 rings (SSSR count). The van der Waals surface area contributed by atoms with Crippen molar-refractivity contribution in [3.8, 4) is 0 Å². The third kappa shape index (κ3) is 3.11. The highest BCUT2D eigenvalue weighted by atomic mass is 16.3. The van der Waals surface area contributed by atoms with Gasteiger partial charge in [0.2, 0.25) is 11.9 Å². The second-order valence-electron chi connectivity index (χ2n) is 7.10. The van der Waals surface area contributed by atoms with Crippen LogP contribution in [0.3, 0.4) is 0 Å². The molecule has 8 heteroatoms. The molecule has 1 unspecified atom stereocenters. The van der Waals surface area contributed by atoms with Crippen LogP contribution in [0.15, 0.2) is 47.5 Å². The van der Waals surface area contributed by atoms with Gasteiger partial charge in [-0.25, -0.2) is 19.9 Å². The Labute approximate surface area is 162 Å². The molecule has 2 aliphatic rings. The van der Waals surface area contributed by atoms with Crippen LogP contribution in [0.2, 0.25) is 0 Å². The lowest BCUT2D eigenvalue weighted by Crippen LogP contribution is -2.47. The molecule has 0 saturated carbocycles. The van der Waals surface area contributed by atoms with Crippen LogP contribution in [0.25, 0.3) is 0 Å². The number of hydrogen-bond donors (Lipinski definition) is 0. The number of anilines is 2. The number of carbonyl (C=O) groups excluding carboxylic acids is 1. The summed E-state index contributed by atoms with van der Waals surface area (Å²) >= 11 is 0. The molecule has 28 heavy (non-hydrogen) atoms. The Morgan fingerprint density at radius 3 is 2.39 bits per heavy atom. The van der Waals surface area contributed by atoms with E-state index in [1.165, 1.54) is 0 Å². The highest BCUT2D eigenvalue weighted by Gasteiger charge is 2.30. The van der Waals surface area contributed by atoms with Gasteiger partial charge in [0.05, 0.1) is 17.5 Å². The predicted molar refractivity (Wildman–Crippen MR) is 103 cm³/mol. The quantitative estimate of drug-likeness (QED) is 0.687. The first kappa shape index (κ1) is 16.9. The van der Waals surface area contributed by atoms with E-state index in [1.54, 1.807) is 24.9 Å². The number of rotatable bonds is 3. The third-order valence-electron chi connectivity index (χ3n) is 5.37. The largest absolute Gasteiger partial charge is 0.469 e. The average molecular weight is 376 g/mol. The number of furan rings is 1. The summed E-state index contributed by atoms with van der Waals surface area (Å²) in [5, 5.41) is 0. The van der Waals surface area contributed by atoms with Crippen LogP contribution >= 0.6 is 0 Å². The zero-order chi connectivity index (χ0) is 18.9. The van der Waals surface area contributed by atoms with Gasteiger partial charge in [-0.3, -0.25) is 4.79 Å². The van der Waals surface area contributed by atoms with Crippen LogP contribution < -0.4 is 9.80 Å².